The van der Waals surface area contributed by atoms with Crippen molar-refractivity contribution in [1.29, 1.82) is 0 Å². The Bertz CT molecular complexity index is 1150. The number of nitrogens with zero attached hydrogens (tertiary/aromatic N) is 4. The van der Waals surface area contributed by atoms with E-state index in [1.807, 2.05) is 24.4 Å². The Labute approximate surface area is 186 Å². The van der Waals surface area contributed by atoms with Crippen LogP contribution < -0.4 is 5.56 Å². The fraction of sp³-hybridized carbons (Fsp3) is 0.458. The summed E-state index contributed by atoms with van der Waals surface area (Å²) in [7, 11) is 0. The first-order valence-electron chi connectivity index (χ1n) is 10.9. The van der Waals surface area contributed by atoms with Gasteiger partial charge in [-0.1, -0.05) is 42.1 Å². The third kappa shape index (κ3) is 4.02. The maximum Gasteiger partial charge on any atom is 0.282 e. The van der Waals surface area contributed by atoms with Crippen molar-refractivity contribution in [3.63, 3.8) is 0 Å². The van der Waals surface area contributed by atoms with Crippen LogP contribution in [0.15, 0.2) is 38.6 Å². The summed E-state index contributed by atoms with van der Waals surface area (Å²) in [6, 6.07) is 8.38. The number of rotatable bonds is 5. The van der Waals surface area contributed by atoms with Crippen LogP contribution in [0.3, 0.4) is 0 Å². The van der Waals surface area contributed by atoms with Gasteiger partial charge in [0, 0.05) is 33.9 Å². The predicted molar refractivity (Wildman–Crippen MR) is 127 cm³/mol. The van der Waals surface area contributed by atoms with Crippen molar-refractivity contribution in [2.45, 2.75) is 71.8 Å². The van der Waals surface area contributed by atoms with Gasteiger partial charge in [0.1, 0.15) is 5.82 Å². The highest BCUT2D eigenvalue weighted by Crippen LogP contribution is 2.31. The zero-order valence-electron chi connectivity index (χ0n) is 18.0. The van der Waals surface area contributed by atoms with E-state index < -0.39 is 0 Å². The maximum atomic E-state index is 13.2. The minimum Gasteiger partial charge on any atom is -0.345 e. The predicted octanol–water partition coefficient (Wildman–Crippen LogP) is 5.92. The van der Waals surface area contributed by atoms with E-state index in [4.69, 9.17) is 4.98 Å². The van der Waals surface area contributed by atoms with Gasteiger partial charge in [0.05, 0.1) is 17.1 Å². The number of benzene rings is 1. The lowest BCUT2D eigenvalue weighted by atomic mass is 9.95. The summed E-state index contributed by atoms with van der Waals surface area (Å²) in [6.07, 6.45) is 9.89. The summed E-state index contributed by atoms with van der Waals surface area (Å²) >= 11 is 3.46. The third-order valence-corrected chi connectivity index (χ3v) is 6.62. The number of hydrogen-bond acceptors (Lipinski definition) is 3. The number of aryl methyl sites for hydroxylation is 2. The van der Waals surface area contributed by atoms with E-state index in [1.54, 1.807) is 0 Å². The Morgan fingerprint density at radius 1 is 1.20 bits per heavy atom. The molecule has 30 heavy (non-hydrogen) atoms. The Hall–Kier alpha value is -2.21. The highest BCUT2D eigenvalue weighted by molar-refractivity contribution is 9.10. The van der Waals surface area contributed by atoms with Gasteiger partial charge < -0.3 is 4.57 Å². The number of halogens is 1. The van der Waals surface area contributed by atoms with Crippen molar-refractivity contribution in [2.24, 2.45) is 5.10 Å². The largest absolute Gasteiger partial charge is 0.345 e. The van der Waals surface area contributed by atoms with E-state index in [2.05, 4.69) is 52.4 Å². The molecule has 2 heterocycles. The van der Waals surface area contributed by atoms with Gasteiger partial charge in [0.2, 0.25) is 0 Å². The van der Waals surface area contributed by atoms with E-state index in [0.29, 0.717) is 29.2 Å². The second-order valence-electron chi connectivity index (χ2n) is 8.29. The minimum atomic E-state index is -0.123. The van der Waals surface area contributed by atoms with Gasteiger partial charge >= 0.3 is 0 Å². The van der Waals surface area contributed by atoms with Crippen LogP contribution in [0.25, 0.3) is 10.9 Å². The van der Waals surface area contributed by atoms with Crippen molar-refractivity contribution < 1.29 is 0 Å². The quantitative estimate of drug-likeness (QED) is 0.436. The van der Waals surface area contributed by atoms with Crippen LogP contribution in [-0.4, -0.2) is 20.4 Å². The van der Waals surface area contributed by atoms with Crippen LogP contribution in [-0.2, 0) is 6.42 Å². The first-order valence-corrected chi connectivity index (χ1v) is 11.7. The van der Waals surface area contributed by atoms with Crippen LogP contribution in [0.4, 0.5) is 0 Å². The van der Waals surface area contributed by atoms with Crippen molar-refractivity contribution >= 4 is 33.0 Å². The summed E-state index contributed by atoms with van der Waals surface area (Å²) < 4.78 is 4.81. The van der Waals surface area contributed by atoms with Crippen molar-refractivity contribution in [3.05, 3.63) is 61.9 Å². The molecule has 0 N–H and O–H groups in total. The van der Waals surface area contributed by atoms with Gasteiger partial charge in [0.25, 0.3) is 5.56 Å². The SMILES string of the molecule is CCCc1nc2ccc(Br)cc2c(=O)n1N=Cc1cc(C)n(C2CCCCC2)c1C. The van der Waals surface area contributed by atoms with Gasteiger partial charge in [-0.2, -0.15) is 9.78 Å². The van der Waals surface area contributed by atoms with Crippen LogP contribution in [0.2, 0.25) is 0 Å². The molecule has 0 radical (unpaired) electrons. The Kier molecular flexibility index (Phi) is 6.23. The van der Waals surface area contributed by atoms with E-state index in [0.717, 1.165) is 16.5 Å². The third-order valence-electron chi connectivity index (χ3n) is 6.12. The maximum absolute atomic E-state index is 13.2. The highest BCUT2D eigenvalue weighted by atomic mass is 79.9. The number of hydrogen-bond donors (Lipinski definition) is 0. The lowest BCUT2D eigenvalue weighted by Gasteiger charge is -2.26. The second kappa shape index (κ2) is 8.88. The van der Waals surface area contributed by atoms with Crippen molar-refractivity contribution in [1.82, 2.24) is 14.2 Å². The molecule has 0 aliphatic heterocycles. The molecule has 0 spiro atoms. The number of aromatic nitrogens is 3. The Morgan fingerprint density at radius 3 is 2.70 bits per heavy atom. The smallest absolute Gasteiger partial charge is 0.282 e. The molecule has 0 bridgehead atoms. The summed E-state index contributed by atoms with van der Waals surface area (Å²) in [5.41, 5.74) is 4.16. The van der Waals surface area contributed by atoms with Gasteiger partial charge in [-0.25, -0.2) is 4.98 Å². The second-order valence-corrected chi connectivity index (χ2v) is 9.21. The fourth-order valence-corrected chi connectivity index (χ4v) is 5.01. The normalized spacial score (nSPS) is 15.5. The summed E-state index contributed by atoms with van der Waals surface area (Å²) in [5, 5.41) is 5.20. The van der Waals surface area contributed by atoms with Gasteiger partial charge in [-0.05, 0) is 57.4 Å². The lowest BCUT2D eigenvalue weighted by molar-refractivity contribution is 0.346. The molecular formula is C24H29BrN4O. The zero-order chi connectivity index (χ0) is 21.3. The lowest BCUT2D eigenvalue weighted by Crippen LogP contribution is -2.22. The van der Waals surface area contributed by atoms with Crippen LogP contribution in [0.5, 0.6) is 0 Å². The van der Waals surface area contributed by atoms with Crippen LogP contribution in [0, 0.1) is 13.8 Å². The molecule has 5 nitrogen and oxygen atoms in total. The summed E-state index contributed by atoms with van der Waals surface area (Å²) in [6.45, 7) is 6.42. The molecule has 0 amide bonds. The van der Waals surface area contributed by atoms with Crippen LogP contribution >= 0.6 is 15.9 Å². The molecular weight excluding hydrogens is 440 g/mol. The molecule has 1 aliphatic carbocycles. The van der Waals surface area contributed by atoms with Gasteiger partial charge in [0.15, 0.2) is 0 Å². The minimum absolute atomic E-state index is 0.123. The van der Waals surface area contributed by atoms with E-state index in [9.17, 15) is 4.79 Å². The first kappa shape index (κ1) is 21.0. The van der Waals surface area contributed by atoms with Gasteiger partial charge in [-0.3, -0.25) is 4.79 Å². The topological polar surface area (TPSA) is 52.2 Å². The van der Waals surface area contributed by atoms with Gasteiger partial charge in [-0.15, -0.1) is 0 Å². The number of fused-ring (bicyclic) bond motifs is 1. The highest BCUT2D eigenvalue weighted by Gasteiger charge is 2.19. The molecule has 4 rings (SSSR count). The average molecular weight is 469 g/mol. The van der Waals surface area contributed by atoms with E-state index in [1.165, 1.54) is 48.2 Å². The molecule has 6 heteroatoms. The molecule has 3 aromatic rings. The van der Waals surface area contributed by atoms with Crippen molar-refractivity contribution in [3.8, 4) is 0 Å². The molecule has 0 saturated heterocycles. The van der Waals surface area contributed by atoms with E-state index in [-0.39, 0.29) is 5.56 Å². The monoisotopic (exact) mass is 468 g/mol. The molecule has 0 atom stereocenters. The standard InChI is InChI=1S/C24H29BrN4O/c1-4-8-23-27-22-12-11-19(25)14-21(22)24(30)29(23)26-15-18-13-16(2)28(17(18)3)20-9-6-5-7-10-20/h11-15,20H,4-10H2,1-3H3. The molecule has 1 aliphatic rings. The van der Waals surface area contributed by atoms with Crippen LogP contribution in [0.1, 0.15) is 74.3 Å². The Balaban J connectivity index is 1.76. The summed E-state index contributed by atoms with van der Waals surface area (Å²) in [5.74, 6) is 0.703. The molecule has 158 valence electrons. The Morgan fingerprint density at radius 2 is 1.97 bits per heavy atom. The molecule has 2 aromatic heterocycles. The molecule has 1 aromatic carbocycles. The average Bonchev–Trinajstić information content (AvgIpc) is 3.02. The summed E-state index contributed by atoms with van der Waals surface area (Å²) in [4.78, 5) is 17.9. The first-order chi connectivity index (χ1) is 14.5. The van der Waals surface area contributed by atoms with Crippen molar-refractivity contribution in [2.75, 3.05) is 0 Å². The molecule has 1 fully saturated rings. The zero-order valence-corrected chi connectivity index (χ0v) is 19.6. The molecule has 1 saturated carbocycles. The van der Waals surface area contributed by atoms with E-state index >= 15 is 0 Å². The fourth-order valence-electron chi connectivity index (χ4n) is 4.65. The molecule has 0 unspecified atom stereocenters.